The molecule has 2 aromatic carbocycles. The number of rotatable bonds is 5. The molecule has 7 nitrogen and oxygen atoms in total. The summed E-state index contributed by atoms with van der Waals surface area (Å²) in [5.74, 6) is -0.245. The Hall–Kier alpha value is -2.93. The van der Waals surface area contributed by atoms with Crippen LogP contribution in [0.5, 0.6) is 0 Å². The molecule has 0 N–H and O–H groups in total. The van der Waals surface area contributed by atoms with E-state index in [-0.39, 0.29) is 11.6 Å². The van der Waals surface area contributed by atoms with Gasteiger partial charge in [-0.25, -0.2) is 0 Å². The van der Waals surface area contributed by atoms with Gasteiger partial charge in [-0.05, 0) is 17.7 Å². The molecule has 136 valence electrons. The van der Waals surface area contributed by atoms with Gasteiger partial charge < -0.3 is 14.5 Å². The first-order valence-corrected chi connectivity index (χ1v) is 8.47. The van der Waals surface area contributed by atoms with Gasteiger partial charge in [0.15, 0.2) is 0 Å². The minimum absolute atomic E-state index is 0.0501. The van der Waals surface area contributed by atoms with Gasteiger partial charge in [-0.2, -0.15) is 0 Å². The van der Waals surface area contributed by atoms with E-state index in [2.05, 4.69) is 0 Å². The second-order valence-corrected chi connectivity index (χ2v) is 6.21. The lowest BCUT2D eigenvalue weighted by Gasteiger charge is -2.28. The summed E-state index contributed by atoms with van der Waals surface area (Å²) in [5.41, 5.74) is 1.79. The maximum Gasteiger partial charge on any atom is 0.293 e. The summed E-state index contributed by atoms with van der Waals surface area (Å²) in [5, 5.41) is 11.5. The summed E-state index contributed by atoms with van der Waals surface area (Å²) >= 11 is 0. The predicted molar refractivity (Wildman–Crippen MR) is 98.4 cm³/mol. The molecule has 3 rings (SSSR count). The number of morpholine rings is 1. The molecule has 0 spiro atoms. The highest BCUT2D eigenvalue weighted by atomic mass is 16.6. The van der Waals surface area contributed by atoms with Gasteiger partial charge in [0, 0.05) is 38.3 Å². The van der Waals surface area contributed by atoms with Crippen molar-refractivity contribution < 1.29 is 14.5 Å². The zero-order valence-corrected chi connectivity index (χ0v) is 14.6. The second-order valence-electron chi connectivity index (χ2n) is 6.21. The Kier molecular flexibility index (Phi) is 5.48. The number of benzene rings is 2. The van der Waals surface area contributed by atoms with E-state index in [1.54, 1.807) is 24.1 Å². The zero-order valence-electron chi connectivity index (χ0n) is 14.6. The van der Waals surface area contributed by atoms with Gasteiger partial charge in [-0.3, -0.25) is 14.9 Å². The number of ether oxygens (including phenoxy) is 1. The van der Waals surface area contributed by atoms with Crippen LogP contribution in [0.15, 0.2) is 48.5 Å². The fourth-order valence-corrected chi connectivity index (χ4v) is 3.02. The average Bonchev–Trinajstić information content (AvgIpc) is 2.68. The Morgan fingerprint density at radius 2 is 1.88 bits per heavy atom. The molecule has 1 amide bonds. The van der Waals surface area contributed by atoms with Crippen molar-refractivity contribution >= 4 is 17.3 Å². The summed E-state index contributed by atoms with van der Waals surface area (Å²) in [6.45, 7) is 2.72. The van der Waals surface area contributed by atoms with E-state index in [0.717, 1.165) is 5.56 Å². The highest BCUT2D eigenvalue weighted by molar-refractivity contribution is 5.95. The van der Waals surface area contributed by atoms with Crippen molar-refractivity contribution in [3.8, 4) is 0 Å². The summed E-state index contributed by atoms with van der Waals surface area (Å²) in [6, 6.07) is 14.3. The Bertz CT molecular complexity index is 789. The number of amides is 1. The van der Waals surface area contributed by atoms with Crippen LogP contribution in [0.3, 0.4) is 0 Å². The number of nitrogens with zero attached hydrogens (tertiary/aromatic N) is 3. The van der Waals surface area contributed by atoms with Gasteiger partial charge in [0.25, 0.3) is 11.6 Å². The van der Waals surface area contributed by atoms with Gasteiger partial charge >= 0.3 is 0 Å². The smallest absolute Gasteiger partial charge is 0.293 e. The van der Waals surface area contributed by atoms with Crippen LogP contribution in [0.25, 0.3) is 0 Å². The van der Waals surface area contributed by atoms with E-state index in [4.69, 9.17) is 4.74 Å². The molecule has 0 atom stereocenters. The number of carbonyl (C=O) groups excluding carboxylic acids is 1. The maximum absolute atomic E-state index is 12.7. The van der Waals surface area contributed by atoms with E-state index in [1.165, 1.54) is 6.07 Å². The summed E-state index contributed by atoms with van der Waals surface area (Å²) in [7, 11) is 1.69. The number of nitro groups is 1. The van der Waals surface area contributed by atoms with Crippen LogP contribution in [0, 0.1) is 10.1 Å². The fourth-order valence-electron chi connectivity index (χ4n) is 3.02. The molecule has 0 bridgehead atoms. The number of carbonyl (C=O) groups is 1. The van der Waals surface area contributed by atoms with Crippen LogP contribution in [0.2, 0.25) is 0 Å². The molecule has 0 radical (unpaired) electrons. The molecule has 1 heterocycles. The van der Waals surface area contributed by atoms with Crippen molar-refractivity contribution in [3.05, 3.63) is 69.8 Å². The van der Waals surface area contributed by atoms with Gasteiger partial charge in [0.05, 0.1) is 18.1 Å². The highest BCUT2D eigenvalue weighted by Crippen LogP contribution is 2.30. The quantitative estimate of drug-likeness (QED) is 0.609. The van der Waals surface area contributed by atoms with Crippen molar-refractivity contribution in [2.24, 2.45) is 0 Å². The Morgan fingerprint density at radius 1 is 1.19 bits per heavy atom. The molecule has 1 aliphatic rings. The molecule has 26 heavy (non-hydrogen) atoms. The van der Waals surface area contributed by atoms with Crippen LogP contribution in [-0.2, 0) is 11.3 Å². The van der Waals surface area contributed by atoms with Crippen molar-refractivity contribution in [1.82, 2.24) is 4.90 Å². The zero-order chi connectivity index (χ0) is 18.5. The Labute approximate surface area is 151 Å². The molecule has 7 heteroatoms. The largest absolute Gasteiger partial charge is 0.378 e. The molecular weight excluding hydrogens is 334 g/mol. The first-order valence-electron chi connectivity index (χ1n) is 8.47. The topological polar surface area (TPSA) is 75.9 Å². The minimum Gasteiger partial charge on any atom is -0.378 e. The number of nitro benzene ring substituents is 1. The predicted octanol–water partition coefficient (Wildman–Crippen LogP) is 2.70. The lowest BCUT2D eigenvalue weighted by Crippen LogP contribution is -2.36. The average molecular weight is 355 g/mol. The van der Waals surface area contributed by atoms with Crippen LogP contribution in [0.4, 0.5) is 11.4 Å². The molecule has 1 saturated heterocycles. The maximum atomic E-state index is 12.7. The molecule has 1 aliphatic heterocycles. The Morgan fingerprint density at radius 3 is 2.54 bits per heavy atom. The molecular formula is C19H21N3O4. The lowest BCUT2D eigenvalue weighted by molar-refractivity contribution is -0.384. The highest BCUT2D eigenvalue weighted by Gasteiger charge is 2.24. The van der Waals surface area contributed by atoms with E-state index < -0.39 is 4.92 Å². The SMILES string of the molecule is CN(Cc1ccccc1)C(=O)c1ccc(N2CCOCC2)c([N+](=O)[O-])c1. The minimum atomic E-state index is -0.432. The third-order valence-corrected chi connectivity index (χ3v) is 4.38. The van der Waals surface area contributed by atoms with E-state index >= 15 is 0 Å². The fraction of sp³-hybridized carbons (Fsp3) is 0.316. The van der Waals surface area contributed by atoms with Gasteiger partial charge in [-0.1, -0.05) is 30.3 Å². The molecule has 2 aromatic rings. The number of hydrogen-bond donors (Lipinski definition) is 0. The lowest BCUT2D eigenvalue weighted by atomic mass is 10.1. The molecule has 0 aromatic heterocycles. The third kappa shape index (κ3) is 4.00. The molecule has 0 aliphatic carbocycles. The van der Waals surface area contributed by atoms with Crippen molar-refractivity contribution in [2.75, 3.05) is 38.3 Å². The van der Waals surface area contributed by atoms with E-state index in [1.807, 2.05) is 35.2 Å². The molecule has 0 saturated carbocycles. The van der Waals surface area contributed by atoms with Gasteiger partial charge in [0.1, 0.15) is 5.69 Å². The number of anilines is 1. The van der Waals surface area contributed by atoms with Gasteiger partial charge in [-0.15, -0.1) is 0 Å². The van der Waals surface area contributed by atoms with Crippen molar-refractivity contribution in [3.63, 3.8) is 0 Å². The standard InChI is InChI=1S/C19H21N3O4/c1-20(14-15-5-3-2-4-6-15)19(23)16-7-8-17(18(13-16)22(24)25)21-9-11-26-12-10-21/h2-8,13H,9-12,14H2,1H3. The van der Waals surface area contributed by atoms with Crippen LogP contribution in [0.1, 0.15) is 15.9 Å². The monoisotopic (exact) mass is 355 g/mol. The molecule has 0 unspecified atom stereocenters. The van der Waals surface area contributed by atoms with Gasteiger partial charge in [0.2, 0.25) is 0 Å². The first-order chi connectivity index (χ1) is 12.6. The second kappa shape index (κ2) is 7.97. The first kappa shape index (κ1) is 17.9. The summed E-state index contributed by atoms with van der Waals surface area (Å²) in [6.07, 6.45) is 0. The van der Waals surface area contributed by atoms with E-state index in [9.17, 15) is 14.9 Å². The summed E-state index contributed by atoms with van der Waals surface area (Å²) < 4.78 is 5.30. The van der Waals surface area contributed by atoms with Crippen LogP contribution in [-0.4, -0.2) is 49.1 Å². The van der Waals surface area contributed by atoms with Crippen LogP contribution >= 0.6 is 0 Å². The normalized spacial score (nSPS) is 14.1. The van der Waals surface area contributed by atoms with Crippen LogP contribution < -0.4 is 4.90 Å². The third-order valence-electron chi connectivity index (χ3n) is 4.38. The summed E-state index contributed by atoms with van der Waals surface area (Å²) in [4.78, 5) is 27.3. The number of hydrogen-bond acceptors (Lipinski definition) is 5. The molecule has 1 fully saturated rings. The van der Waals surface area contributed by atoms with Crippen molar-refractivity contribution in [2.45, 2.75) is 6.54 Å². The van der Waals surface area contributed by atoms with E-state index in [0.29, 0.717) is 44.1 Å². The van der Waals surface area contributed by atoms with Crippen molar-refractivity contribution in [1.29, 1.82) is 0 Å². The Balaban J connectivity index is 1.82.